The van der Waals surface area contributed by atoms with Gasteiger partial charge >= 0.3 is 0 Å². The fourth-order valence-corrected chi connectivity index (χ4v) is 2.87. The zero-order chi connectivity index (χ0) is 16.9. The molecule has 1 heterocycles. The Morgan fingerprint density at radius 1 is 1.17 bits per heavy atom. The van der Waals surface area contributed by atoms with Crippen molar-refractivity contribution in [2.24, 2.45) is 0 Å². The van der Waals surface area contributed by atoms with Gasteiger partial charge in [-0.15, -0.1) is 0 Å². The van der Waals surface area contributed by atoms with Crippen molar-refractivity contribution in [3.05, 3.63) is 71.4 Å². The van der Waals surface area contributed by atoms with E-state index in [1.54, 1.807) is 13.2 Å². The Bertz CT molecular complexity index is 875. The van der Waals surface area contributed by atoms with Gasteiger partial charge in [0.1, 0.15) is 5.75 Å². The van der Waals surface area contributed by atoms with Gasteiger partial charge < -0.3 is 9.72 Å². The molecule has 0 saturated carbocycles. The van der Waals surface area contributed by atoms with E-state index in [4.69, 9.17) is 4.74 Å². The molecular weight excluding hydrogens is 298 g/mol. The van der Waals surface area contributed by atoms with Crippen LogP contribution >= 0.6 is 0 Å². The number of hydrogen-bond acceptors (Lipinski definition) is 2. The van der Waals surface area contributed by atoms with Crippen molar-refractivity contribution >= 4 is 22.8 Å². The summed E-state index contributed by atoms with van der Waals surface area (Å²) in [5.41, 5.74) is 3.97. The van der Waals surface area contributed by atoms with Gasteiger partial charge in [0.25, 0.3) is 0 Å². The summed E-state index contributed by atoms with van der Waals surface area (Å²) in [4.78, 5) is 15.8. The van der Waals surface area contributed by atoms with Gasteiger partial charge in [-0.2, -0.15) is 0 Å². The van der Waals surface area contributed by atoms with Gasteiger partial charge in [-0.1, -0.05) is 43.7 Å². The maximum atomic E-state index is 12.3. The Morgan fingerprint density at radius 3 is 2.67 bits per heavy atom. The number of aromatic amines is 1. The zero-order valence-corrected chi connectivity index (χ0v) is 14.0. The van der Waals surface area contributed by atoms with Gasteiger partial charge in [-0.25, -0.2) is 0 Å². The van der Waals surface area contributed by atoms with Gasteiger partial charge in [0.05, 0.1) is 7.11 Å². The molecule has 3 aromatic rings. The Kier molecular flexibility index (Phi) is 4.80. The molecule has 0 unspecified atom stereocenters. The quantitative estimate of drug-likeness (QED) is 0.512. The van der Waals surface area contributed by atoms with Gasteiger partial charge in [0.2, 0.25) is 0 Å². The van der Waals surface area contributed by atoms with Gasteiger partial charge in [0, 0.05) is 27.7 Å². The largest absolute Gasteiger partial charge is 0.497 e. The number of ketones is 1. The van der Waals surface area contributed by atoms with Crippen molar-refractivity contribution in [3.8, 4) is 5.75 Å². The first-order valence-corrected chi connectivity index (χ1v) is 8.19. The highest BCUT2D eigenvalue weighted by molar-refractivity contribution is 6.08. The standard InChI is InChI=1S/C21H21NO2/c1-3-7-19-17(11-13-21(23)15-8-5-4-6-9-15)18-14-16(24-2)10-12-20(18)22-19/h4-6,8-14,22H,3,7H2,1-2H3/b13-11+. The SMILES string of the molecule is CCCc1[nH]c2ccc(OC)cc2c1/C=C/C(=O)c1ccccc1. The van der Waals surface area contributed by atoms with Gasteiger partial charge in [0.15, 0.2) is 5.78 Å². The maximum Gasteiger partial charge on any atom is 0.185 e. The highest BCUT2D eigenvalue weighted by Gasteiger charge is 2.10. The Morgan fingerprint density at radius 2 is 1.96 bits per heavy atom. The summed E-state index contributed by atoms with van der Waals surface area (Å²) in [6, 6.07) is 15.3. The molecule has 0 aliphatic heterocycles. The minimum atomic E-state index is 0.00953. The molecule has 0 amide bonds. The first-order valence-electron chi connectivity index (χ1n) is 8.19. The normalized spacial score (nSPS) is 11.2. The topological polar surface area (TPSA) is 42.1 Å². The lowest BCUT2D eigenvalue weighted by Crippen LogP contribution is -1.93. The van der Waals surface area contributed by atoms with E-state index >= 15 is 0 Å². The van der Waals surface area contributed by atoms with Crippen LogP contribution in [0.3, 0.4) is 0 Å². The molecule has 1 N–H and O–H groups in total. The molecule has 3 rings (SSSR count). The van der Waals surface area contributed by atoms with Gasteiger partial charge in [-0.05, 0) is 36.8 Å². The van der Waals surface area contributed by atoms with Crippen LogP contribution in [0.1, 0.15) is 35.0 Å². The zero-order valence-electron chi connectivity index (χ0n) is 14.0. The summed E-state index contributed by atoms with van der Waals surface area (Å²) in [6.45, 7) is 2.15. The van der Waals surface area contributed by atoms with Crippen LogP contribution in [0.4, 0.5) is 0 Å². The van der Waals surface area contributed by atoms with Crippen LogP contribution in [-0.2, 0) is 6.42 Å². The van der Waals surface area contributed by atoms with Crippen molar-refractivity contribution in [1.29, 1.82) is 0 Å². The minimum Gasteiger partial charge on any atom is -0.497 e. The van der Waals surface area contributed by atoms with E-state index in [0.717, 1.165) is 40.8 Å². The van der Waals surface area contributed by atoms with Crippen molar-refractivity contribution in [3.63, 3.8) is 0 Å². The molecule has 1 aromatic heterocycles. The number of aromatic nitrogens is 1. The van der Waals surface area contributed by atoms with E-state index in [1.165, 1.54) is 0 Å². The summed E-state index contributed by atoms with van der Waals surface area (Å²) in [6.07, 6.45) is 5.54. The third kappa shape index (κ3) is 3.25. The molecule has 0 fully saturated rings. The van der Waals surface area contributed by atoms with E-state index in [-0.39, 0.29) is 5.78 Å². The number of benzene rings is 2. The molecule has 0 saturated heterocycles. The number of allylic oxidation sites excluding steroid dienone is 1. The molecule has 3 heteroatoms. The molecule has 0 atom stereocenters. The second-order valence-corrected chi connectivity index (χ2v) is 5.74. The summed E-state index contributed by atoms with van der Waals surface area (Å²) >= 11 is 0. The predicted molar refractivity (Wildman–Crippen MR) is 98.7 cm³/mol. The van der Waals surface area contributed by atoms with Gasteiger partial charge in [-0.3, -0.25) is 4.79 Å². The molecule has 0 radical (unpaired) electrons. The summed E-state index contributed by atoms with van der Waals surface area (Å²) in [5.74, 6) is 0.823. The first-order chi connectivity index (χ1) is 11.7. The summed E-state index contributed by atoms with van der Waals surface area (Å²) < 4.78 is 5.34. The first kappa shape index (κ1) is 16.1. The number of aryl methyl sites for hydroxylation is 1. The molecule has 122 valence electrons. The van der Waals surface area contributed by atoms with E-state index in [2.05, 4.69) is 11.9 Å². The molecule has 2 aromatic carbocycles. The average molecular weight is 319 g/mol. The lowest BCUT2D eigenvalue weighted by Gasteiger charge is -2.01. The number of H-pyrrole nitrogens is 1. The third-order valence-corrected chi connectivity index (χ3v) is 4.09. The van der Waals surface area contributed by atoms with E-state index in [9.17, 15) is 4.79 Å². The lowest BCUT2D eigenvalue weighted by atomic mass is 10.1. The van der Waals surface area contributed by atoms with Crippen LogP contribution in [0.25, 0.3) is 17.0 Å². The molecule has 0 aliphatic rings. The second kappa shape index (κ2) is 7.18. The summed E-state index contributed by atoms with van der Waals surface area (Å²) in [7, 11) is 1.66. The van der Waals surface area contributed by atoms with Crippen molar-refractivity contribution in [2.45, 2.75) is 19.8 Å². The number of hydrogen-bond donors (Lipinski definition) is 1. The molecule has 0 bridgehead atoms. The van der Waals surface area contributed by atoms with E-state index < -0.39 is 0 Å². The molecule has 3 nitrogen and oxygen atoms in total. The number of fused-ring (bicyclic) bond motifs is 1. The number of rotatable bonds is 6. The number of ether oxygens (including phenoxy) is 1. The number of methoxy groups -OCH3 is 1. The maximum absolute atomic E-state index is 12.3. The minimum absolute atomic E-state index is 0.00953. The van der Waals surface area contributed by atoms with Crippen LogP contribution < -0.4 is 4.74 Å². The molecule has 0 aliphatic carbocycles. The van der Waals surface area contributed by atoms with Crippen LogP contribution in [0, 0.1) is 0 Å². The average Bonchev–Trinajstić information content (AvgIpc) is 2.97. The number of nitrogens with one attached hydrogen (secondary N) is 1. The van der Waals surface area contributed by atoms with Crippen LogP contribution in [0.5, 0.6) is 5.75 Å². The summed E-state index contributed by atoms with van der Waals surface area (Å²) in [5, 5.41) is 1.08. The lowest BCUT2D eigenvalue weighted by molar-refractivity contribution is 0.104. The molecule has 0 spiro atoms. The smallest absolute Gasteiger partial charge is 0.185 e. The highest BCUT2D eigenvalue weighted by atomic mass is 16.5. The Labute approximate surface area is 142 Å². The fraction of sp³-hybridized carbons (Fsp3) is 0.190. The third-order valence-electron chi connectivity index (χ3n) is 4.09. The van der Waals surface area contributed by atoms with Crippen LogP contribution in [-0.4, -0.2) is 17.9 Å². The highest BCUT2D eigenvalue weighted by Crippen LogP contribution is 2.28. The Balaban J connectivity index is 2.01. The second-order valence-electron chi connectivity index (χ2n) is 5.74. The molecular formula is C21H21NO2. The monoisotopic (exact) mass is 319 g/mol. The predicted octanol–water partition coefficient (Wildman–Crippen LogP) is 5.03. The Hall–Kier alpha value is -2.81. The van der Waals surface area contributed by atoms with E-state index in [1.807, 2.05) is 54.6 Å². The van der Waals surface area contributed by atoms with Crippen LogP contribution in [0.15, 0.2) is 54.6 Å². The number of carbonyl (C=O) groups is 1. The fourth-order valence-electron chi connectivity index (χ4n) is 2.87. The number of carbonyl (C=O) groups excluding carboxylic acids is 1. The van der Waals surface area contributed by atoms with E-state index in [0.29, 0.717) is 5.56 Å². The van der Waals surface area contributed by atoms with Crippen molar-refractivity contribution in [2.75, 3.05) is 7.11 Å². The van der Waals surface area contributed by atoms with Crippen molar-refractivity contribution in [1.82, 2.24) is 4.98 Å². The van der Waals surface area contributed by atoms with Crippen LogP contribution in [0.2, 0.25) is 0 Å². The molecule has 24 heavy (non-hydrogen) atoms. The van der Waals surface area contributed by atoms with Crippen molar-refractivity contribution < 1.29 is 9.53 Å².